The van der Waals surface area contributed by atoms with Crippen LogP contribution in [0.25, 0.3) is 0 Å². The van der Waals surface area contributed by atoms with Gasteiger partial charge in [0.1, 0.15) is 25.4 Å². The zero-order valence-corrected chi connectivity index (χ0v) is 14.7. The van der Waals surface area contributed by atoms with Gasteiger partial charge >= 0.3 is 23.9 Å². The number of esters is 4. The first-order valence-corrected chi connectivity index (χ1v) is 7.81. The monoisotopic (exact) mass is 346 g/mol. The summed E-state index contributed by atoms with van der Waals surface area (Å²) in [5.74, 6) is -1.77. The van der Waals surface area contributed by atoms with Crippen molar-refractivity contribution in [3.63, 3.8) is 0 Å². The van der Waals surface area contributed by atoms with E-state index in [1.807, 2.05) is 0 Å². The molecule has 0 aliphatic carbocycles. The van der Waals surface area contributed by atoms with E-state index < -0.39 is 36.1 Å². The summed E-state index contributed by atoms with van der Waals surface area (Å²) < 4.78 is 19.9. The zero-order chi connectivity index (χ0) is 18.5. The average molecular weight is 346 g/mol. The molecular weight excluding hydrogens is 320 g/mol. The van der Waals surface area contributed by atoms with Gasteiger partial charge in [-0.05, 0) is 25.7 Å². The van der Waals surface area contributed by atoms with E-state index >= 15 is 0 Å². The molecule has 0 saturated heterocycles. The Balaban J connectivity index is 4.23. The van der Waals surface area contributed by atoms with Crippen LogP contribution in [0.4, 0.5) is 0 Å². The zero-order valence-electron chi connectivity index (χ0n) is 14.7. The van der Waals surface area contributed by atoms with Crippen molar-refractivity contribution in [3.8, 4) is 0 Å². The molecule has 0 fully saturated rings. The molecule has 0 spiro atoms. The van der Waals surface area contributed by atoms with Crippen molar-refractivity contribution >= 4 is 23.9 Å². The van der Waals surface area contributed by atoms with Gasteiger partial charge in [-0.3, -0.25) is 19.2 Å². The van der Waals surface area contributed by atoms with Gasteiger partial charge < -0.3 is 18.9 Å². The number of carbonyl (C=O) groups is 4. The van der Waals surface area contributed by atoms with Crippen LogP contribution < -0.4 is 0 Å². The second kappa shape index (κ2) is 12.3. The summed E-state index contributed by atoms with van der Waals surface area (Å²) in [5, 5.41) is 0. The van der Waals surface area contributed by atoms with Gasteiger partial charge in [-0.2, -0.15) is 0 Å². The maximum Gasteiger partial charge on any atom is 0.303 e. The Bertz CT molecular complexity index is 392. The minimum Gasteiger partial charge on any atom is -0.462 e. The van der Waals surface area contributed by atoms with Crippen LogP contribution in [-0.4, -0.2) is 49.3 Å². The third-order valence-electron chi connectivity index (χ3n) is 2.91. The van der Waals surface area contributed by atoms with Crippen LogP contribution in [0.3, 0.4) is 0 Å². The van der Waals surface area contributed by atoms with Crippen molar-refractivity contribution in [3.05, 3.63) is 0 Å². The summed E-state index contributed by atoms with van der Waals surface area (Å²) in [6.07, 6.45) is 1.33. The van der Waals surface area contributed by atoms with E-state index in [4.69, 9.17) is 18.9 Å². The third-order valence-corrected chi connectivity index (χ3v) is 2.91. The summed E-state index contributed by atoms with van der Waals surface area (Å²) in [7, 11) is 0. The summed E-state index contributed by atoms with van der Waals surface area (Å²) in [5.41, 5.74) is 0. The molecule has 0 bridgehead atoms. The Hall–Kier alpha value is -2.12. The van der Waals surface area contributed by atoms with Crippen LogP contribution in [0.2, 0.25) is 0 Å². The molecule has 0 aliphatic heterocycles. The minimum atomic E-state index is -0.507. The van der Waals surface area contributed by atoms with Crippen LogP contribution in [0.15, 0.2) is 0 Å². The molecule has 0 aromatic carbocycles. The predicted octanol–water partition coefficient (Wildman–Crippen LogP) is 1.54. The van der Waals surface area contributed by atoms with Crippen molar-refractivity contribution in [2.75, 3.05) is 13.2 Å². The van der Waals surface area contributed by atoms with Gasteiger partial charge in [-0.15, -0.1) is 0 Å². The quantitative estimate of drug-likeness (QED) is 0.315. The molecule has 0 N–H and O–H groups in total. The minimum absolute atomic E-state index is 0.00966. The van der Waals surface area contributed by atoms with Gasteiger partial charge in [0.2, 0.25) is 0 Å². The SMILES string of the molecule is CC(=O)OCC(CCCCC(COC(C)=O)OC(C)=O)OC(C)=O. The number of rotatable bonds is 11. The first-order chi connectivity index (χ1) is 11.2. The van der Waals surface area contributed by atoms with E-state index in [2.05, 4.69) is 0 Å². The fraction of sp³-hybridized carbons (Fsp3) is 0.750. The summed E-state index contributed by atoms with van der Waals surface area (Å²) in [6, 6.07) is 0. The van der Waals surface area contributed by atoms with Gasteiger partial charge in [-0.25, -0.2) is 0 Å². The number of unbranched alkanes of at least 4 members (excludes halogenated alkanes) is 1. The van der Waals surface area contributed by atoms with E-state index in [0.717, 1.165) is 0 Å². The van der Waals surface area contributed by atoms with E-state index in [1.165, 1.54) is 27.7 Å². The van der Waals surface area contributed by atoms with Crippen LogP contribution in [0.5, 0.6) is 0 Å². The largest absolute Gasteiger partial charge is 0.462 e. The predicted molar refractivity (Wildman–Crippen MR) is 82.8 cm³/mol. The molecule has 24 heavy (non-hydrogen) atoms. The van der Waals surface area contributed by atoms with E-state index in [1.54, 1.807) is 0 Å². The first kappa shape index (κ1) is 21.9. The molecule has 138 valence electrons. The Labute approximate surface area is 141 Å². The first-order valence-electron chi connectivity index (χ1n) is 7.81. The fourth-order valence-corrected chi connectivity index (χ4v) is 1.99. The summed E-state index contributed by atoms with van der Waals surface area (Å²) in [6.45, 7) is 5.16. The molecule has 8 nitrogen and oxygen atoms in total. The Morgan fingerprint density at radius 1 is 0.625 bits per heavy atom. The van der Waals surface area contributed by atoms with E-state index in [-0.39, 0.29) is 13.2 Å². The van der Waals surface area contributed by atoms with Crippen LogP contribution in [0.1, 0.15) is 53.4 Å². The van der Waals surface area contributed by atoms with Gasteiger partial charge in [0.15, 0.2) is 0 Å². The molecule has 0 rings (SSSR count). The molecule has 0 amide bonds. The lowest BCUT2D eigenvalue weighted by molar-refractivity contribution is -0.157. The van der Waals surface area contributed by atoms with Crippen LogP contribution in [0, 0.1) is 0 Å². The van der Waals surface area contributed by atoms with Crippen LogP contribution >= 0.6 is 0 Å². The second-order valence-electron chi connectivity index (χ2n) is 5.35. The smallest absolute Gasteiger partial charge is 0.303 e. The van der Waals surface area contributed by atoms with Gasteiger partial charge in [0.25, 0.3) is 0 Å². The third kappa shape index (κ3) is 13.5. The van der Waals surface area contributed by atoms with Crippen molar-refractivity contribution in [1.82, 2.24) is 0 Å². The highest BCUT2D eigenvalue weighted by molar-refractivity contribution is 5.67. The maximum atomic E-state index is 11.0. The Morgan fingerprint density at radius 3 is 1.21 bits per heavy atom. The summed E-state index contributed by atoms with van der Waals surface area (Å²) in [4.78, 5) is 43.7. The summed E-state index contributed by atoms with van der Waals surface area (Å²) >= 11 is 0. The van der Waals surface area contributed by atoms with Crippen molar-refractivity contribution in [2.24, 2.45) is 0 Å². The second-order valence-corrected chi connectivity index (χ2v) is 5.35. The molecule has 0 radical (unpaired) electrons. The van der Waals surface area contributed by atoms with E-state index in [9.17, 15) is 19.2 Å². The lowest BCUT2D eigenvalue weighted by Crippen LogP contribution is -2.25. The molecule has 0 aromatic rings. The van der Waals surface area contributed by atoms with Gasteiger partial charge in [0, 0.05) is 27.7 Å². The molecule has 8 heteroatoms. The molecule has 0 aliphatic rings. The molecule has 0 heterocycles. The topological polar surface area (TPSA) is 105 Å². The lowest BCUT2D eigenvalue weighted by atomic mass is 10.1. The van der Waals surface area contributed by atoms with Gasteiger partial charge in [-0.1, -0.05) is 0 Å². The Kier molecular flexibility index (Phi) is 11.2. The number of hydrogen-bond donors (Lipinski definition) is 0. The number of hydrogen-bond acceptors (Lipinski definition) is 8. The van der Waals surface area contributed by atoms with Gasteiger partial charge in [0.05, 0.1) is 0 Å². The highest BCUT2D eigenvalue weighted by Crippen LogP contribution is 2.12. The van der Waals surface area contributed by atoms with Crippen LogP contribution in [-0.2, 0) is 38.1 Å². The molecule has 2 unspecified atom stereocenters. The average Bonchev–Trinajstić information content (AvgIpc) is 2.44. The standard InChI is InChI=1S/C16H26O8/c1-11(17)21-9-15(23-13(3)19)7-5-6-8-16(24-14(4)20)10-22-12(2)18/h15-16H,5-10H2,1-4H3. The highest BCUT2D eigenvalue weighted by Gasteiger charge is 2.16. The molecule has 0 aromatic heterocycles. The maximum absolute atomic E-state index is 11.0. The molecular formula is C16H26O8. The highest BCUT2D eigenvalue weighted by atomic mass is 16.6. The van der Waals surface area contributed by atoms with Crippen molar-refractivity contribution in [2.45, 2.75) is 65.6 Å². The van der Waals surface area contributed by atoms with Crippen molar-refractivity contribution in [1.29, 1.82) is 0 Å². The number of carbonyl (C=O) groups excluding carboxylic acids is 4. The lowest BCUT2D eigenvalue weighted by Gasteiger charge is -2.18. The normalized spacial score (nSPS) is 12.7. The Morgan fingerprint density at radius 2 is 0.958 bits per heavy atom. The number of ether oxygens (including phenoxy) is 4. The van der Waals surface area contributed by atoms with E-state index in [0.29, 0.717) is 25.7 Å². The van der Waals surface area contributed by atoms with Crippen molar-refractivity contribution < 1.29 is 38.1 Å². The molecule has 2 atom stereocenters. The fourth-order valence-electron chi connectivity index (χ4n) is 1.99. The molecule has 0 saturated carbocycles.